The maximum atomic E-state index is 12.6. The topological polar surface area (TPSA) is 155 Å². The zero-order valence-corrected chi connectivity index (χ0v) is 35.3. The summed E-state index contributed by atoms with van der Waals surface area (Å²) in [5.74, 6) is -1.07. The van der Waals surface area contributed by atoms with E-state index in [1.807, 2.05) is 12.2 Å². The van der Waals surface area contributed by atoms with Crippen LogP contribution in [0.25, 0.3) is 0 Å². The van der Waals surface area contributed by atoms with Crippen LogP contribution in [-0.4, -0.2) is 60.5 Å². The molecule has 4 N–H and O–H groups in total. The lowest BCUT2D eigenvalue weighted by Crippen LogP contribution is -2.29. The standard InChI is InChI=1S/C45H74NO9P/c1-3-5-7-9-11-13-15-17-18-19-20-22-24-26-28-30-32-36-44(48)52-40-43(41-54-56(50,51)53-39-38-46)55-45(49)37-33-35-42(47)34-31-29-27-25-23-21-16-14-12-10-8-6-4-2/h6,8,11-14,17-18,20-23,27,29,31,34,42-43,47H,3-5,7,9-10,15-16,19,24-26,28,30,32-33,35-41,46H2,1-2H3,(H,50,51)/b8-6-,13-11-,14-12-,18-17-,22-20-,23-21-,29-27-,34-31+/t42?,43-/m1/s1. The molecule has 0 aliphatic heterocycles. The average Bonchev–Trinajstić information content (AvgIpc) is 3.18. The Morgan fingerprint density at radius 1 is 0.643 bits per heavy atom. The first-order chi connectivity index (χ1) is 27.2. The smallest absolute Gasteiger partial charge is 0.462 e. The van der Waals surface area contributed by atoms with Crippen molar-refractivity contribution in [1.29, 1.82) is 0 Å². The van der Waals surface area contributed by atoms with E-state index in [1.165, 1.54) is 25.7 Å². The molecule has 0 saturated heterocycles. The normalized spacial score (nSPS) is 14.9. The molecule has 0 fully saturated rings. The van der Waals surface area contributed by atoms with Crippen molar-refractivity contribution in [1.82, 2.24) is 0 Å². The maximum Gasteiger partial charge on any atom is 0.472 e. The quantitative estimate of drug-likeness (QED) is 0.0182. The number of allylic oxidation sites excluding steroid dienone is 15. The second-order valence-corrected chi connectivity index (χ2v) is 14.8. The molecule has 0 rings (SSSR count). The summed E-state index contributed by atoms with van der Waals surface area (Å²) in [6, 6.07) is 0. The van der Waals surface area contributed by atoms with Gasteiger partial charge in [-0.1, -0.05) is 137 Å². The molecule has 0 saturated carbocycles. The number of phosphoric acid groups is 1. The summed E-state index contributed by atoms with van der Waals surface area (Å²) >= 11 is 0. The largest absolute Gasteiger partial charge is 0.472 e. The third-order valence-electron chi connectivity index (χ3n) is 8.06. The zero-order chi connectivity index (χ0) is 41.2. The Kier molecular flexibility index (Phi) is 37.9. The van der Waals surface area contributed by atoms with E-state index in [9.17, 15) is 24.2 Å². The van der Waals surface area contributed by atoms with E-state index >= 15 is 0 Å². The van der Waals surface area contributed by atoms with Crippen LogP contribution in [0.3, 0.4) is 0 Å². The van der Waals surface area contributed by atoms with Crippen molar-refractivity contribution >= 4 is 19.8 Å². The summed E-state index contributed by atoms with van der Waals surface area (Å²) in [5, 5.41) is 10.3. The van der Waals surface area contributed by atoms with Gasteiger partial charge in [0, 0.05) is 19.4 Å². The number of aliphatic hydroxyl groups is 1. The van der Waals surface area contributed by atoms with E-state index in [-0.39, 0.29) is 32.6 Å². The molecule has 318 valence electrons. The van der Waals surface area contributed by atoms with Crippen molar-refractivity contribution < 1.29 is 42.7 Å². The number of hydrogen-bond donors (Lipinski definition) is 3. The molecular formula is C45H74NO9P. The minimum Gasteiger partial charge on any atom is -0.462 e. The number of ether oxygens (including phenoxy) is 2. The number of nitrogens with two attached hydrogens (primary N) is 1. The molecule has 3 atom stereocenters. The van der Waals surface area contributed by atoms with Crippen molar-refractivity contribution in [2.45, 2.75) is 148 Å². The summed E-state index contributed by atoms with van der Waals surface area (Å²) in [4.78, 5) is 34.8. The van der Waals surface area contributed by atoms with Gasteiger partial charge in [-0.25, -0.2) is 4.57 Å². The molecule has 0 bridgehead atoms. The SMILES string of the molecule is CC/C=C\C/C=C\C/C=C\C/C=C\C=C\C(O)CCCC(=O)O[C@H](COC(=O)CCCCCC/C=C\C/C=C\C/C=C\CCCCC)COP(=O)(O)OCCN. The fraction of sp³-hybridized carbons (Fsp3) is 0.600. The van der Waals surface area contributed by atoms with Crippen molar-refractivity contribution in [3.05, 3.63) is 97.2 Å². The van der Waals surface area contributed by atoms with Crippen LogP contribution in [0.5, 0.6) is 0 Å². The number of hydrogen-bond acceptors (Lipinski definition) is 9. The van der Waals surface area contributed by atoms with Crippen LogP contribution in [0.2, 0.25) is 0 Å². The van der Waals surface area contributed by atoms with Crippen molar-refractivity contribution in [3.8, 4) is 0 Å². The van der Waals surface area contributed by atoms with E-state index in [0.29, 0.717) is 19.3 Å². The molecule has 10 nitrogen and oxygen atoms in total. The molecule has 0 aromatic rings. The van der Waals surface area contributed by atoms with Gasteiger partial charge in [0.2, 0.25) is 0 Å². The number of rotatable bonds is 37. The lowest BCUT2D eigenvalue weighted by atomic mass is 10.1. The highest BCUT2D eigenvalue weighted by Gasteiger charge is 2.26. The monoisotopic (exact) mass is 804 g/mol. The summed E-state index contributed by atoms with van der Waals surface area (Å²) < 4.78 is 32.6. The molecule has 0 heterocycles. The summed E-state index contributed by atoms with van der Waals surface area (Å²) in [7, 11) is -4.44. The molecule has 0 spiro atoms. The van der Waals surface area contributed by atoms with Gasteiger partial charge in [-0.05, 0) is 83.5 Å². The number of carbonyl (C=O) groups excluding carboxylic acids is 2. The number of aliphatic hydroxyl groups excluding tert-OH is 1. The maximum absolute atomic E-state index is 12.6. The average molecular weight is 804 g/mol. The van der Waals surface area contributed by atoms with Crippen molar-refractivity contribution in [3.63, 3.8) is 0 Å². The van der Waals surface area contributed by atoms with E-state index in [2.05, 4.69) is 86.8 Å². The minimum atomic E-state index is -4.44. The van der Waals surface area contributed by atoms with Gasteiger partial charge in [-0.2, -0.15) is 0 Å². The second kappa shape index (κ2) is 40.1. The summed E-state index contributed by atoms with van der Waals surface area (Å²) in [6.07, 6.45) is 47.5. The highest BCUT2D eigenvalue weighted by molar-refractivity contribution is 7.47. The Labute approximate surface area is 339 Å². The lowest BCUT2D eigenvalue weighted by Gasteiger charge is -2.20. The molecule has 0 aromatic heterocycles. The van der Waals surface area contributed by atoms with E-state index in [1.54, 1.807) is 12.2 Å². The predicted molar refractivity (Wildman–Crippen MR) is 230 cm³/mol. The van der Waals surface area contributed by atoms with Crippen LogP contribution in [-0.2, 0) is 32.7 Å². The lowest BCUT2D eigenvalue weighted by molar-refractivity contribution is -0.161. The molecule has 56 heavy (non-hydrogen) atoms. The zero-order valence-electron chi connectivity index (χ0n) is 34.4. The first-order valence-corrected chi connectivity index (χ1v) is 22.3. The van der Waals surface area contributed by atoms with Gasteiger partial charge in [0.05, 0.1) is 19.3 Å². The third-order valence-corrected chi connectivity index (χ3v) is 9.04. The highest BCUT2D eigenvalue weighted by atomic mass is 31.2. The number of phosphoric ester groups is 1. The highest BCUT2D eigenvalue weighted by Crippen LogP contribution is 2.43. The molecule has 0 aliphatic rings. The van der Waals surface area contributed by atoms with E-state index in [4.69, 9.17) is 24.3 Å². The van der Waals surface area contributed by atoms with Crippen LogP contribution in [0.4, 0.5) is 0 Å². The number of carbonyl (C=O) groups is 2. The van der Waals surface area contributed by atoms with Crippen molar-refractivity contribution in [2.75, 3.05) is 26.4 Å². The van der Waals surface area contributed by atoms with Crippen LogP contribution < -0.4 is 5.73 Å². The third kappa shape index (κ3) is 39.1. The van der Waals surface area contributed by atoms with Crippen LogP contribution in [0.15, 0.2) is 97.2 Å². The molecule has 0 amide bonds. The van der Waals surface area contributed by atoms with Gasteiger partial charge in [0.1, 0.15) is 6.61 Å². The van der Waals surface area contributed by atoms with E-state index < -0.39 is 38.6 Å². The van der Waals surface area contributed by atoms with Gasteiger partial charge in [-0.3, -0.25) is 18.6 Å². The Bertz CT molecular complexity index is 1250. The first-order valence-electron chi connectivity index (χ1n) is 20.8. The Balaban J connectivity index is 4.45. The Morgan fingerprint density at radius 3 is 1.80 bits per heavy atom. The van der Waals surface area contributed by atoms with E-state index in [0.717, 1.165) is 64.2 Å². The fourth-order valence-corrected chi connectivity index (χ4v) is 5.73. The molecule has 11 heteroatoms. The summed E-state index contributed by atoms with van der Waals surface area (Å²) in [5.41, 5.74) is 5.33. The Hall–Kier alpha value is -3.11. The number of esters is 2. The van der Waals surface area contributed by atoms with Crippen LogP contribution in [0.1, 0.15) is 136 Å². The molecule has 0 radical (unpaired) electrons. The fourth-order valence-electron chi connectivity index (χ4n) is 4.96. The second-order valence-electron chi connectivity index (χ2n) is 13.3. The minimum absolute atomic E-state index is 0.0114. The van der Waals surface area contributed by atoms with Crippen molar-refractivity contribution in [2.24, 2.45) is 5.73 Å². The van der Waals surface area contributed by atoms with Gasteiger partial charge >= 0.3 is 19.8 Å². The van der Waals surface area contributed by atoms with Gasteiger partial charge in [-0.15, -0.1) is 0 Å². The Morgan fingerprint density at radius 2 is 1.20 bits per heavy atom. The molecule has 0 aromatic carbocycles. The van der Waals surface area contributed by atoms with Crippen LogP contribution >= 0.6 is 7.82 Å². The predicted octanol–water partition coefficient (Wildman–Crippen LogP) is 10.8. The molecule has 2 unspecified atom stereocenters. The summed E-state index contributed by atoms with van der Waals surface area (Å²) in [6.45, 7) is 3.30. The van der Waals surface area contributed by atoms with Gasteiger partial charge < -0.3 is 25.2 Å². The molecule has 0 aliphatic carbocycles. The number of unbranched alkanes of at least 4 members (excludes halogenated alkanes) is 7. The van der Waals surface area contributed by atoms with Gasteiger partial charge in [0.25, 0.3) is 0 Å². The first kappa shape index (κ1) is 52.9. The van der Waals surface area contributed by atoms with Crippen LogP contribution in [0, 0.1) is 0 Å². The molecular weight excluding hydrogens is 729 g/mol. The van der Waals surface area contributed by atoms with Gasteiger partial charge in [0.15, 0.2) is 6.10 Å².